The van der Waals surface area contributed by atoms with E-state index in [1.165, 1.54) is 12.1 Å². The highest BCUT2D eigenvalue weighted by atomic mass is 19.1. The van der Waals surface area contributed by atoms with Crippen LogP contribution in [0.25, 0.3) is 5.78 Å². The maximum atomic E-state index is 13.3. The fraction of sp³-hybridized carbons (Fsp3) is 0.125. The van der Waals surface area contributed by atoms with E-state index in [4.69, 9.17) is 0 Å². The van der Waals surface area contributed by atoms with Crippen LogP contribution in [0, 0.1) is 12.7 Å². The molecule has 0 unspecified atom stereocenters. The van der Waals surface area contributed by atoms with Gasteiger partial charge in [-0.1, -0.05) is 12.1 Å². The third kappa shape index (κ3) is 3.11. The van der Waals surface area contributed by atoms with E-state index in [0.717, 1.165) is 16.7 Å². The molecule has 1 amide bonds. The van der Waals surface area contributed by atoms with Crippen molar-refractivity contribution in [2.45, 2.75) is 13.5 Å². The molecule has 3 rings (SSSR count). The van der Waals surface area contributed by atoms with E-state index in [1.54, 1.807) is 13.0 Å². The smallest absolute Gasteiger partial charge is 0.353 e. The number of aromatic hydroxyl groups is 1. The summed E-state index contributed by atoms with van der Waals surface area (Å²) in [6.07, 6.45) is 1.04. The molecule has 2 aromatic heterocycles. The lowest BCUT2D eigenvalue weighted by atomic mass is 10.1. The van der Waals surface area contributed by atoms with Gasteiger partial charge in [0.2, 0.25) is 11.7 Å². The molecule has 3 N–H and O–H groups in total. The first-order valence-electron chi connectivity index (χ1n) is 7.21. The number of nitrogens with one attached hydrogen (secondary N) is 1. The van der Waals surface area contributed by atoms with Gasteiger partial charge in [0.15, 0.2) is 0 Å². The van der Waals surface area contributed by atoms with Crippen LogP contribution in [0.15, 0.2) is 30.5 Å². The molecule has 0 aliphatic heterocycles. The second kappa shape index (κ2) is 6.19. The average Bonchev–Trinajstić information content (AvgIpc) is 2.96. The predicted molar refractivity (Wildman–Crippen MR) is 83.9 cm³/mol. The summed E-state index contributed by atoms with van der Waals surface area (Å²) in [7, 11) is 0. The highest BCUT2D eigenvalue weighted by molar-refractivity contribution is 5.96. The number of carboxylic acids is 1. The number of aromatic carboxylic acids is 1. The van der Waals surface area contributed by atoms with Gasteiger partial charge in [0.1, 0.15) is 17.2 Å². The maximum Gasteiger partial charge on any atom is 0.353 e. The Morgan fingerprint density at radius 3 is 2.76 bits per heavy atom. The van der Waals surface area contributed by atoms with Gasteiger partial charge in [-0.25, -0.2) is 23.6 Å². The van der Waals surface area contributed by atoms with Crippen molar-refractivity contribution >= 4 is 17.7 Å². The number of nitrogens with zero attached hydrogens (tertiary/aromatic N) is 3. The topological polar surface area (TPSA) is 117 Å². The summed E-state index contributed by atoms with van der Waals surface area (Å²) in [6.45, 7) is 1.73. The molecule has 3 aromatic rings. The van der Waals surface area contributed by atoms with E-state index in [1.807, 2.05) is 0 Å². The van der Waals surface area contributed by atoms with Crippen LogP contribution in [-0.2, 0) is 6.54 Å². The summed E-state index contributed by atoms with van der Waals surface area (Å²) in [6, 6.07) is 5.48. The van der Waals surface area contributed by atoms with E-state index >= 15 is 0 Å². The van der Waals surface area contributed by atoms with Gasteiger partial charge in [0.25, 0.3) is 5.91 Å². The Bertz CT molecular complexity index is 999. The summed E-state index contributed by atoms with van der Waals surface area (Å²) in [5.41, 5.74) is 0.634. The van der Waals surface area contributed by atoms with Crippen LogP contribution in [0.2, 0.25) is 0 Å². The first kappa shape index (κ1) is 16.4. The maximum absolute atomic E-state index is 13.3. The molecule has 0 radical (unpaired) electrons. The molecule has 0 saturated heterocycles. The molecule has 0 fully saturated rings. The summed E-state index contributed by atoms with van der Waals surface area (Å²) in [4.78, 5) is 31.3. The molecular weight excluding hydrogens is 331 g/mol. The average molecular weight is 344 g/mol. The van der Waals surface area contributed by atoms with Crippen LogP contribution in [-0.4, -0.2) is 36.5 Å². The SMILES string of the molecule is Cc1cc(CNC(=O)c2cc(C(=O)O)n3c(O)cnc3n2)ccc1F. The molecular formula is C16H13FN4O4. The molecule has 1 aromatic carbocycles. The molecule has 128 valence electrons. The normalized spacial score (nSPS) is 10.8. The van der Waals surface area contributed by atoms with Crippen LogP contribution >= 0.6 is 0 Å². The number of hydrogen-bond acceptors (Lipinski definition) is 5. The van der Waals surface area contributed by atoms with Crippen molar-refractivity contribution in [2.24, 2.45) is 0 Å². The zero-order valence-electron chi connectivity index (χ0n) is 13.0. The molecule has 0 bridgehead atoms. The van der Waals surface area contributed by atoms with E-state index < -0.39 is 17.8 Å². The van der Waals surface area contributed by atoms with Crippen LogP contribution in [0.5, 0.6) is 5.88 Å². The second-order valence-electron chi connectivity index (χ2n) is 5.35. The number of amides is 1. The zero-order chi connectivity index (χ0) is 18.1. The molecule has 0 atom stereocenters. The molecule has 8 nitrogen and oxygen atoms in total. The number of carbonyl (C=O) groups excluding carboxylic acids is 1. The highest BCUT2D eigenvalue weighted by Crippen LogP contribution is 2.16. The summed E-state index contributed by atoms with van der Waals surface area (Å²) >= 11 is 0. The number of rotatable bonds is 4. The van der Waals surface area contributed by atoms with Gasteiger partial charge in [-0.3, -0.25) is 4.79 Å². The third-order valence-corrected chi connectivity index (χ3v) is 3.59. The number of hydrogen-bond donors (Lipinski definition) is 3. The van der Waals surface area contributed by atoms with E-state index in [0.29, 0.717) is 11.1 Å². The number of aryl methyl sites for hydroxylation is 1. The van der Waals surface area contributed by atoms with Gasteiger partial charge in [0.05, 0.1) is 6.20 Å². The number of benzene rings is 1. The lowest BCUT2D eigenvalue weighted by Gasteiger charge is -2.08. The first-order chi connectivity index (χ1) is 11.9. The number of carbonyl (C=O) groups is 2. The fourth-order valence-corrected chi connectivity index (χ4v) is 2.34. The Morgan fingerprint density at radius 1 is 1.32 bits per heavy atom. The van der Waals surface area contributed by atoms with Crippen molar-refractivity contribution in [3.63, 3.8) is 0 Å². The van der Waals surface area contributed by atoms with Gasteiger partial charge in [-0.2, -0.15) is 0 Å². The van der Waals surface area contributed by atoms with Crippen LogP contribution in [0.3, 0.4) is 0 Å². The predicted octanol–water partition coefficient (Wildman–Crippen LogP) is 1.51. The van der Waals surface area contributed by atoms with Crippen molar-refractivity contribution in [1.82, 2.24) is 19.7 Å². The Kier molecular flexibility index (Phi) is 4.05. The first-order valence-corrected chi connectivity index (χ1v) is 7.21. The van der Waals surface area contributed by atoms with E-state index in [-0.39, 0.29) is 29.5 Å². The highest BCUT2D eigenvalue weighted by Gasteiger charge is 2.19. The summed E-state index contributed by atoms with van der Waals surface area (Å²) in [5, 5.41) is 21.5. The largest absolute Gasteiger partial charge is 0.493 e. The summed E-state index contributed by atoms with van der Waals surface area (Å²) < 4.78 is 14.2. The lowest BCUT2D eigenvalue weighted by Crippen LogP contribution is -2.25. The van der Waals surface area contributed by atoms with E-state index in [2.05, 4.69) is 15.3 Å². The van der Waals surface area contributed by atoms with Crippen LogP contribution in [0.4, 0.5) is 4.39 Å². The Morgan fingerprint density at radius 2 is 2.08 bits per heavy atom. The molecule has 0 spiro atoms. The minimum absolute atomic E-state index is 0.111. The van der Waals surface area contributed by atoms with Crippen molar-refractivity contribution < 1.29 is 24.2 Å². The monoisotopic (exact) mass is 344 g/mol. The number of fused-ring (bicyclic) bond motifs is 1. The van der Waals surface area contributed by atoms with Gasteiger partial charge >= 0.3 is 5.97 Å². The Hall–Kier alpha value is -3.49. The number of aromatic nitrogens is 3. The fourth-order valence-electron chi connectivity index (χ4n) is 2.34. The van der Waals surface area contributed by atoms with Gasteiger partial charge in [-0.05, 0) is 24.1 Å². The van der Waals surface area contributed by atoms with Gasteiger partial charge < -0.3 is 15.5 Å². The molecule has 25 heavy (non-hydrogen) atoms. The quantitative estimate of drug-likeness (QED) is 0.660. The minimum Gasteiger partial charge on any atom is -0.493 e. The molecule has 9 heteroatoms. The second-order valence-corrected chi connectivity index (χ2v) is 5.35. The van der Waals surface area contributed by atoms with Gasteiger partial charge in [0, 0.05) is 12.6 Å². The minimum atomic E-state index is -1.34. The Balaban J connectivity index is 1.86. The number of imidazole rings is 1. The molecule has 0 saturated carbocycles. The number of halogens is 1. The summed E-state index contributed by atoms with van der Waals surface area (Å²) in [5.74, 6) is -2.81. The standard InChI is InChI=1S/C16H13FN4O4/c1-8-4-9(2-3-10(8)17)6-18-14(23)11-5-12(15(24)25)21-13(22)7-19-16(21)20-11/h2-5,7,22H,6H2,1H3,(H,18,23)(H,24,25). The lowest BCUT2D eigenvalue weighted by molar-refractivity contribution is 0.0687. The molecule has 0 aliphatic carbocycles. The molecule has 0 aliphatic rings. The Labute approximate surface area is 140 Å². The van der Waals surface area contributed by atoms with Crippen LogP contribution < -0.4 is 5.32 Å². The van der Waals surface area contributed by atoms with E-state index in [9.17, 15) is 24.2 Å². The van der Waals surface area contributed by atoms with Crippen molar-refractivity contribution in [1.29, 1.82) is 0 Å². The molecule has 2 heterocycles. The van der Waals surface area contributed by atoms with Crippen molar-refractivity contribution in [2.75, 3.05) is 0 Å². The van der Waals surface area contributed by atoms with Crippen molar-refractivity contribution in [3.8, 4) is 5.88 Å². The third-order valence-electron chi connectivity index (χ3n) is 3.59. The van der Waals surface area contributed by atoms with Gasteiger partial charge in [-0.15, -0.1) is 0 Å². The zero-order valence-corrected chi connectivity index (χ0v) is 13.0. The van der Waals surface area contributed by atoms with Crippen molar-refractivity contribution in [3.05, 3.63) is 58.8 Å². The van der Waals surface area contributed by atoms with Crippen LogP contribution in [0.1, 0.15) is 32.1 Å². The number of carboxylic acid groups (broad SMARTS) is 1.